The van der Waals surface area contributed by atoms with Crippen molar-refractivity contribution in [1.82, 2.24) is 15.1 Å². The number of rotatable bonds is 6. The quantitative estimate of drug-likeness (QED) is 0.614. The Labute approximate surface area is 183 Å². The fourth-order valence-corrected chi connectivity index (χ4v) is 3.52. The van der Waals surface area contributed by atoms with Gasteiger partial charge < -0.3 is 15.4 Å². The highest BCUT2D eigenvalue weighted by Gasteiger charge is 2.18. The van der Waals surface area contributed by atoms with Crippen molar-refractivity contribution in [2.24, 2.45) is 0 Å². The third-order valence-corrected chi connectivity index (χ3v) is 5.18. The summed E-state index contributed by atoms with van der Waals surface area (Å²) in [5, 5.41) is 10.8. The first-order chi connectivity index (χ1) is 14.2. The van der Waals surface area contributed by atoms with Crippen molar-refractivity contribution < 1.29 is 9.53 Å². The molecule has 0 radical (unpaired) electrons. The highest BCUT2D eigenvalue weighted by atomic mass is 35.5. The van der Waals surface area contributed by atoms with Crippen LogP contribution in [0.3, 0.4) is 0 Å². The number of ether oxygens (including phenoxy) is 1. The van der Waals surface area contributed by atoms with E-state index in [4.69, 9.17) is 4.74 Å². The number of nitrogens with one attached hydrogen (secondary N) is 2. The van der Waals surface area contributed by atoms with E-state index in [2.05, 4.69) is 15.7 Å². The molecule has 1 atom stereocenters. The van der Waals surface area contributed by atoms with Crippen molar-refractivity contribution in [2.75, 3.05) is 18.4 Å². The first-order valence-corrected chi connectivity index (χ1v) is 10.0. The number of benzene rings is 2. The van der Waals surface area contributed by atoms with Crippen molar-refractivity contribution in [3.63, 3.8) is 0 Å². The molecule has 0 spiro atoms. The predicted octanol–water partition coefficient (Wildman–Crippen LogP) is 4.37. The molecule has 1 saturated heterocycles. The van der Waals surface area contributed by atoms with Gasteiger partial charge in [-0.25, -0.2) is 0 Å². The summed E-state index contributed by atoms with van der Waals surface area (Å²) in [6, 6.07) is 17.8. The van der Waals surface area contributed by atoms with Crippen LogP contribution in [-0.2, 0) is 6.61 Å². The van der Waals surface area contributed by atoms with Crippen LogP contribution in [0.5, 0.6) is 5.75 Å². The van der Waals surface area contributed by atoms with Crippen LogP contribution < -0.4 is 15.4 Å². The van der Waals surface area contributed by atoms with Gasteiger partial charge in [0.1, 0.15) is 12.4 Å². The number of aryl methyl sites for hydroxylation is 1. The second kappa shape index (κ2) is 10.3. The molecule has 0 saturated carbocycles. The number of amides is 1. The molecule has 1 aliphatic rings. The minimum atomic E-state index is -0.200. The molecule has 4 rings (SSSR count). The number of nitrogens with zero attached hydrogens (tertiary/aromatic N) is 2. The highest BCUT2D eigenvalue weighted by molar-refractivity contribution is 6.03. The van der Waals surface area contributed by atoms with Crippen molar-refractivity contribution >= 4 is 24.0 Å². The second-order valence-electron chi connectivity index (χ2n) is 7.39. The number of piperidine rings is 1. The van der Waals surface area contributed by atoms with Crippen LogP contribution in [0.4, 0.5) is 5.69 Å². The lowest BCUT2D eigenvalue weighted by atomic mass is 10.1. The summed E-state index contributed by atoms with van der Waals surface area (Å²) in [6.45, 7) is 4.42. The standard InChI is InChI=1S/C23H26N4O2.ClH/c1-17-14-20(29-16-18-6-3-2-4-7-18)9-10-21(17)25-23(28)22-11-13-27(26-22)19-8-5-12-24-15-19;/h2-4,6-7,9-11,13-14,19,24H,5,8,12,15-16H2,1H3,(H,25,28);1H. The van der Waals surface area contributed by atoms with E-state index in [1.54, 1.807) is 6.07 Å². The number of carbonyl (C=O) groups is 1. The van der Waals surface area contributed by atoms with Crippen LogP contribution in [0.2, 0.25) is 0 Å². The van der Waals surface area contributed by atoms with Crippen LogP contribution in [0, 0.1) is 6.92 Å². The lowest BCUT2D eigenvalue weighted by molar-refractivity contribution is 0.102. The molecule has 6 nitrogen and oxygen atoms in total. The van der Waals surface area contributed by atoms with Crippen LogP contribution in [0.15, 0.2) is 60.8 Å². The summed E-state index contributed by atoms with van der Waals surface area (Å²) < 4.78 is 7.75. The molecule has 1 fully saturated rings. The molecule has 1 unspecified atom stereocenters. The van der Waals surface area contributed by atoms with E-state index < -0.39 is 0 Å². The lowest BCUT2D eigenvalue weighted by Gasteiger charge is -2.22. The molecule has 2 N–H and O–H groups in total. The molecule has 2 heterocycles. The number of halogens is 1. The summed E-state index contributed by atoms with van der Waals surface area (Å²) in [5.74, 6) is 0.576. The van der Waals surface area contributed by atoms with Gasteiger partial charge >= 0.3 is 0 Å². The average Bonchev–Trinajstić information content (AvgIpc) is 3.26. The number of anilines is 1. The van der Waals surface area contributed by atoms with Gasteiger partial charge in [-0.2, -0.15) is 5.10 Å². The molecule has 0 bridgehead atoms. The molecule has 3 aromatic rings. The Hall–Kier alpha value is -2.83. The minimum absolute atomic E-state index is 0. The summed E-state index contributed by atoms with van der Waals surface area (Å²) in [4.78, 5) is 12.6. The van der Waals surface area contributed by atoms with Crippen molar-refractivity contribution in [2.45, 2.75) is 32.4 Å². The Kier molecular flexibility index (Phi) is 7.49. The molecule has 30 heavy (non-hydrogen) atoms. The largest absolute Gasteiger partial charge is 0.489 e. The Balaban J connectivity index is 0.00000256. The molecule has 158 valence electrons. The summed E-state index contributed by atoms with van der Waals surface area (Å²) in [5.41, 5.74) is 3.25. The van der Waals surface area contributed by atoms with Gasteiger partial charge in [-0.05, 0) is 61.7 Å². The molecular formula is C23H27ClN4O2. The molecule has 2 aromatic carbocycles. The van der Waals surface area contributed by atoms with Crippen LogP contribution >= 0.6 is 12.4 Å². The third kappa shape index (κ3) is 5.40. The third-order valence-electron chi connectivity index (χ3n) is 5.18. The number of carbonyl (C=O) groups excluding carboxylic acids is 1. The van der Waals surface area contributed by atoms with Crippen molar-refractivity contribution in [3.05, 3.63) is 77.6 Å². The predicted molar refractivity (Wildman–Crippen MR) is 121 cm³/mol. The first-order valence-electron chi connectivity index (χ1n) is 10.0. The van der Waals surface area contributed by atoms with E-state index in [0.717, 1.165) is 48.5 Å². The average molecular weight is 427 g/mol. The van der Waals surface area contributed by atoms with Gasteiger partial charge in [0.05, 0.1) is 6.04 Å². The fourth-order valence-electron chi connectivity index (χ4n) is 3.52. The maximum absolute atomic E-state index is 12.6. The normalized spacial score (nSPS) is 15.8. The smallest absolute Gasteiger partial charge is 0.276 e. The van der Waals surface area contributed by atoms with Crippen molar-refractivity contribution in [3.8, 4) is 5.75 Å². The second-order valence-corrected chi connectivity index (χ2v) is 7.39. The van der Waals surface area contributed by atoms with E-state index in [1.807, 2.05) is 66.3 Å². The number of aromatic nitrogens is 2. The zero-order chi connectivity index (χ0) is 20.1. The van der Waals surface area contributed by atoms with Gasteiger partial charge in [0, 0.05) is 18.4 Å². The Morgan fingerprint density at radius 3 is 2.80 bits per heavy atom. The van der Waals surface area contributed by atoms with Crippen molar-refractivity contribution in [1.29, 1.82) is 0 Å². The number of hydrogen-bond donors (Lipinski definition) is 2. The maximum Gasteiger partial charge on any atom is 0.276 e. The Bertz CT molecular complexity index is 968. The summed E-state index contributed by atoms with van der Waals surface area (Å²) >= 11 is 0. The first kappa shape index (κ1) is 21.9. The molecular weight excluding hydrogens is 400 g/mol. The van der Waals surface area contributed by atoms with Gasteiger partial charge in [-0.1, -0.05) is 30.3 Å². The number of hydrogen-bond acceptors (Lipinski definition) is 4. The van der Waals surface area contributed by atoms with E-state index in [-0.39, 0.29) is 18.3 Å². The zero-order valence-electron chi connectivity index (χ0n) is 17.0. The molecule has 7 heteroatoms. The van der Waals surface area contributed by atoms with Gasteiger partial charge in [-0.3, -0.25) is 9.48 Å². The van der Waals surface area contributed by atoms with E-state index >= 15 is 0 Å². The van der Waals surface area contributed by atoms with E-state index in [1.165, 1.54) is 0 Å². The highest BCUT2D eigenvalue weighted by Crippen LogP contribution is 2.23. The van der Waals surface area contributed by atoms with E-state index in [0.29, 0.717) is 18.3 Å². The van der Waals surface area contributed by atoms with Gasteiger partial charge in [0.15, 0.2) is 5.69 Å². The molecule has 1 aromatic heterocycles. The summed E-state index contributed by atoms with van der Waals surface area (Å²) in [6.07, 6.45) is 4.10. The molecule has 1 aliphatic heterocycles. The fraction of sp³-hybridized carbons (Fsp3) is 0.304. The Morgan fingerprint density at radius 2 is 2.07 bits per heavy atom. The monoisotopic (exact) mass is 426 g/mol. The van der Waals surface area contributed by atoms with Crippen LogP contribution in [-0.4, -0.2) is 28.8 Å². The van der Waals surface area contributed by atoms with Gasteiger partial charge in [-0.15, -0.1) is 12.4 Å². The topological polar surface area (TPSA) is 68.2 Å². The Morgan fingerprint density at radius 1 is 1.23 bits per heavy atom. The van der Waals surface area contributed by atoms with Gasteiger partial charge in [0.2, 0.25) is 0 Å². The summed E-state index contributed by atoms with van der Waals surface area (Å²) in [7, 11) is 0. The maximum atomic E-state index is 12.6. The van der Waals surface area contributed by atoms with Gasteiger partial charge in [0.25, 0.3) is 5.91 Å². The SMILES string of the molecule is Cc1cc(OCc2ccccc2)ccc1NC(=O)c1ccn(C2CCCNC2)n1.Cl. The van der Waals surface area contributed by atoms with E-state index in [9.17, 15) is 4.79 Å². The zero-order valence-corrected chi connectivity index (χ0v) is 17.8. The van der Waals surface area contributed by atoms with Crippen LogP contribution in [0.1, 0.15) is 40.5 Å². The molecule has 1 amide bonds. The van der Waals surface area contributed by atoms with Crippen LogP contribution in [0.25, 0.3) is 0 Å². The minimum Gasteiger partial charge on any atom is -0.489 e. The molecule has 0 aliphatic carbocycles. The lowest BCUT2D eigenvalue weighted by Crippen LogP contribution is -2.32.